The van der Waals surface area contributed by atoms with Crippen molar-refractivity contribution in [2.45, 2.75) is 18.8 Å². The van der Waals surface area contributed by atoms with Crippen molar-refractivity contribution < 1.29 is 14.7 Å². The number of amides is 1. The van der Waals surface area contributed by atoms with Crippen molar-refractivity contribution in [3.8, 4) is 0 Å². The fourth-order valence-electron chi connectivity index (χ4n) is 2.13. The number of benzene rings is 1. The van der Waals surface area contributed by atoms with Crippen LogP contribution >= 0.6 is 0 Å². The predicted molar refractivity (Wildman–Crippen MR) is 63.0 cm³/mol. The van der Waals surface area contributed by atoms with E-state index in [0.717, 1.165) is 18.5 Å². The Bertz CT molecular complexity index is 438. The maximum absolute atomic E-state index is 11.6. The van der Waals surface area contributed by atoms with Crippen molar-refractivity contribution in [1.82, 2.24) is 4.90 Å². The Balaban J connectivity index is 2.13. The highest BCUT2D eigenvalue weighted by Gasteiger charge is 2.24. The first-order chi connectivity index (χ1) is 8.08. The molecule has 1 aliphatic heterocycles. The molecule has 1 aliphatic rings. The van der Waals surface area contributed by atoms with Crippen LogP contribution in [0.2, 0.25) is 0 Å². The van der Waals surface area contributed by atoms with Gasteiger partial charge in [0, 0.05) is 20.0 Å². The highest BCUT2D eigenvalue weighted by Crippen LogP contribution is 2.28. The lowest BCUT2D eigenvalue weighted by Gasteiger charge is -2.29. The fraction of sp³-hybridized carbons (Fsp3) is 0.385. The lowest BCUT2D eigenvalue weighted by molar-refractivity contribution is -0.132. The molecule has 4 nitrogen and oxygen atoms in total. The number of carboxylic acid groups (broad SMARTS) is 1. The van der Waals surface area contributed by atoms with Crippen LogP contribution < -0.4 is 0 Å². The van der Waals surface area contributed by atoms with Gasteiger partial charge in [0.15, 0.2) is 0 Å². The van der Waals surface area contributed by atoms with Crippen molar-refractivity contribution in [2.24, 2.45) is 0 Å². The smallest absolute Gasteiger partial charge is 0.335 e. The third-order valence-electron chi connectivity index (χ3n) is 3.29. The zero-order valence-electron chi connectivity index (χ0n) is 9.72. The first-order valence-corrected chi connectivity index (χ1v) is 5.65. The SMILES string of the molecule is CN1CCC(c2ccc(C(=O)O)cc2)CC1=O. The Kier molecular flexibility index (Phi) is 3.13. The van der Waals surface area contributed by atoms with E-state index in [1.165, 1.54) is 0 Å². The zero-order chi connectivity index (χ0) is 12.4. The maximum atomic E-state index is 11.6. The van der Waals surface area contributed by atoms with E-state index in [1.54, 1.807) is 17.0 Å². The molecule has 1 aromatic carbocycles. The highest BCUT2D eigenvalue weighted by molar-refractivity contribution is 5.87. The van der Waals surface area contributed by atoms with Crippen LogP contribution in [0.15, 0.2) is 24.3 Å². The third kappa shape index (κ3) is 2.46. The van der Waals surface area contributed by atoms with Gasteiger partial charge in [-0.1, -0.05) is 12.1 Å². The molecule has 1 aromatic rings. The van der Waals surface area contributed by atoms with E-state index in [1.807, 2.05) is 19.2 Å². The molecule has 0 aliphatic carbocycles. The number of rotatable bonds is 2. The van der Waals surface area contributed by atoms with Crippen molar-refractivity contribution >= 4 is 11.9 Å². The minimum absolute atomic E-state index is 0.156. The van der Waals surface area contributed by atoms with Gasteiger partial charge >= 0.3 is 5.97 Å². The Morgan fingerprint density at radius 2 is 2.00 bits per heavy atom. The van der Waals surface area contributed by atoms with Crippen LogP contribution in [0, 0.1) is 0 Å². The van der Waals surface area contributed by atoms with Crippen LogP contribution in [0.1, 0.15) is 34.7 Å². The number of hydrogen-bond acceptors (Lipinski definition) is 2. The molecule has 1 fully saturated rings. The molecular weight excluding hydrogens is 218 g/mol. The lowest BCUT2D eigenvalue weighted by Crippen LogP contribution is -2.34. The second-order valence-electron chi connectivity index (χ2n) is 4.43. The van der Waals surface area contributed by atoms with Gasteiger partial charge in [0.1, 0.15) is 0 Å². The quantitative estimate of drug-likeness (QED) is 0.846. The van der Waals surface area contributed by atoms with Crippen LogP contribution in [0.3, 0.4) is 0 Å². The zero-order valence-corrected chi connectivity index (χ0v) is 9.72. The molecule has 90 valence electrons. The molecular formula is C13H15NO3. The largest absolute Gasteiger partial charge is 0.478 e. The van der Waals surface area contributed by atoms with E-state index in [4.69, 9.17) is 5.11 Å². The highest BCUT2D eigenvalue weighted by atomic mass is 16.4. The molecule has 0 spiro atoms. The summed E-state index contributed by atoms with van der Waals surface area (Å²) in [5.74, 6) is -0.541. The van der Waals surface area contributed by atoms with E-state index in [9.17, 15) is 9.59 Å². The second-order valence-corrected chi connectivity index (χ2v) is 4.43. The molecule has 17 heavy (non-hydrogen) atoms. The summed E-state index contributed by atoms with van der Waals surface area (Å²) < 4.78 is 0. The van der Waals surface area contributed by atoms with Crippen molar-refractivity contribution in [3.63, 3.8) is 0 Å². The normalized spacial score (nSPS) is 20.4. The summed E-state index contributed by atoms with van der Waals surface area (Å²) >= 11 is 0. The van der Waals surface area contributed by atoms with Crippen molar-refractivity contribution in [2.75, 3.05) is 13.6 Å². The molecule has 0 aromatic heterocycles. The minimum Gasteiger partial charge on any atom is -0.478 e. The molecule has 0 radical (unpaired) electrons. The number of hydrogen-bond donors (Lipinski definition) is 1. The molecule has 1 atom stereocenters. The monoisotopic (exact) mass is 233 g/mol. The van der Waals surface area contributed by atoms with Crippen LogP contribution in [-0.2, 0) is 4.79 Å². The minimum atomic E-state index is -0.920. The van der Waals surface area contributed by atoms with Gasteiger partial charge < -0.3 is 10.0 Å². The average Bonchev–Trinajstić information content (AvgIpc) is 2.33. The summed E-state index contributed by atoms with van der Waals surface area (Å²) in [6.45, 7) is 0.768. The molecule has 0 bridgehead atoms. The van der Waals surface area contributed by atoms with Gasteiger partial charge in [0.2, 0.25) is 5.91 Å². The van der Waals surface area contributed by atoms with Crippen LogP contribution in [0.5, 0.6) is 0 Å². The number of likely N-dealkylation sites (tertiary alicyclic amines) is 1. The Hall–Kier alpha value is -1.84. The van der Waals surface area contributed by atoms with E-state index >= 15 is 0 Å². The average molecular weight is 233 g/mol. The van der Waals surface area contributed by atoms with Crippen molar-refractivity contribution in [3.05, 3.63) is 35.4 Å². The molecule has 1 heterocycles. The molecule has 4 heteroatoms. The van der Waals surface area contributed by atoms with Crippen LogP contribution in [0.4, 0.5) is 0 Å². The topological polar surface area (TPSA) is 57.6 Å². The first kappa shape index (κ1) is 11.6. The summed E-state index contributed by atoms with van der Waals surface area (Å²) in [5, 5.41) is 8.80. The number of nitrogens with zero attached hydrogens (tertiary/aromatic N) is 1. The Labute approximate surface area is 99.9 Å². The Morgan fingerprint density at radius 3 is 2.53 bits per heavy atom. The van der Waals surface area contributed by atoms with Gasteiger partial charge in [-0.15, -0.1) is 0 Å². The fourth-order valence-corrected chi connectivity index (χ4v) is 2.13. The van der Waals surface area contributed by atoms with Gasteiger partial charge in [-0.25, -0.2) is 4.79 Å². The summed E-state index contributed by atoms with van der Waals surface area (Å²) in [7, 11) is 1.81. The van der Waals surface area contributed by atoms with E-state index in [2.05, 4.69) is 0 Å². The van der Waals surface area contributed by atoms with Crippen LogP contribution in [0.25, 0.3) is 0 Å². The number of piperidine rings is 1. The lowest BCUT2D eigenvalue weighted by atomic mass is 9.89. The molecule has 1 amide bonds. The summed E-state index contributed by atoms with van der Waals surface area (Å²) in [5.41, 5.74) is 1.34. The van der Waals surface area contributed by atoms with Gasteiger partial charge in [-0.2, -0.15) is 0 Å². The Morgan fingerprint density at radius 1 is 1.35 bits per heavy atom. The summed E-state index contributed by atoms with van der Waals surface area (Å²) in [6, 6.07) is 6.82. The number of carboxylic acids is 1. The van der Waals surface area contributed by atoms with E-state index < -0.39 is 5.97 Å². The van der Waals surface area contributed by atoms with E-state index in [0.29, 0.717) is 6.42 Å². The first-order valence-electron chi connectivity index (χ1n) is 5.65. The maximum Gasteiger partial charge on any atom is 0.335 e. The van der Waals surface area contributed by atoms with Gasteiger partial charge in [-0.3, -0.25) is 4.79 Å². The van der Waals surface area contributed by atoms with Crippen molar-refractivity contribution in [1.29, 1.82) is 0 Å². The standard InChI is InChI=1S/C13H15NO3/c1-14-7-6-11(8-12(14)15)9-2-4-10(5-3-9)13(16)17/h2-5,11H,6-8H2,1H3,(H,16,17). The molecule has 1 saturated heterocycles. The summed E-state index contributed by atoms with van der Waals surface area (Å²) in [4.78, 5) is 24.0. The number of carbonyl (C=O) groups excluding carboxylic acids is 1. The number of aromatic carboxylic acids is 1. The predicted octanol–water partition coefficient (Wildman–Crippen LogP) is 1.72. The van der Waals surface area contributed by atoms with Gasteiger partial charge in [0.05, 0.1) is 5.56 Å². The third-order valence-corrected chi connectivity index (χ3v) is 3.29. The number of carbonyl (C=O) groups is 2. The van der Waals surface area contributed by atoms with Gasteiger partial charge in [-0.05, 0) is 30.0 Å². The van der Waals surface area contributed by atoms with Gasteiger partial charge in [0.25, 0.3) is 0 Å². The summed E-state index contributed by atoms with van der Waals surface area (Å²) in [6.07, 6.45) is 1.46. The molecule has 2 rings (SSSR count). The molecule has 0 saturated carbocycles. The molecule has 1 N–H and O–H groups in total. The van der Waals surface area contributed by atoms with E-state index in [-0.39, 0.29) is 17.4 Å². The van der Waals surface area contributed by atoms with Crippen LogP contribution in [-0.4, -0.2) is 35.5 Å². The second kappa shape index (κ2) is 4.57. The molecule has 1 unspecified atom stereocenters.